The number of urea groups is 1. The molecule has 4 heterocycles. The number of nitrogens with one attached hydrogen (secondary N) is 1. The Balaban J connectivity index is 1.37. The Kier molecular flexibility index (Phi) is 8.55. The van der Waals surface area contributed by atoms with Gasteiger partial charge in [-0.3, -0.25) is 14.5 Å². The Morgan fingerprint density at radius 1 is 1.29 bits per heavy atom. The minimum absolute atomic E-state index is 0.0378. The highest BCUT2D eigenvalue weighted by Crippen LogP contribution is 2.34. The van der Waals surface area contributed by atoms with Crippen molar-refractivity contribution in [3.63, 3.8) is 0 Å². The molecule has 0 radical (unpaired) electrons. The number of aromatic hydroxyl groups is 1. The van der Waals surface area contributed by atoms with E-state index in [9.17, 15) is 20.0 Å². The van der Waals surface area contributed by atoms with Crippen molar-refractivity contribution in [3.8, 4) is 11.8 Å². The lowest BCUT2D eigenvalue weighted by molar-refractivity contribution is 0.00220. The van der Waals surface area contributed by atoms with Gasteiger partial charge >= 0.3 is 6.03 Å². The molecule has 0 spiro atoms. The van der Waals surface area contributed by atoms with Crippen LogP contribution in [0.2, 0.25) is 0 Å². The van der Waals surface area contributed by atoms with Crippen molar-refractivity contribution in [1.82, 2.24) is 25.2 Å². The number of amides is 3. The molecule has 2 aromatic heterocycles. The van der Waals surface area contributed by atoms with Crippen LogP contribution in [0.25, 0.3) is 0 Å². The van der Waals surface area contributed by atoms with E-state index in [2.05, 4.69) is 27.7 Å². The number of nitriles is 1. The van der Waals surface area contributed by atoms with Crippen LogP contribution < -0.4 is 5.48 Å². The number of nitrogens with zero attached hydrogens (tertiary/aromatic N) is 5. The van der Waals surface area contributed by atoms with Gasteiger partial charge in [-0.2, -0.15) is 16.6 Å². The standard InChI is InChI=1S/C27H36N6O4S/c1-18-23(19(2)29-22(15-28)24(18)34)25(35)31-12-8-27(3,9-13-31)32-10-5-21(6-11-32)33(26(36)30-37-4)16-20-7-14-38-17-20/h7,14,17,21,34H,5-6,8-13,16H2,1-4H3,(H,30,36). The number of carbonyl (C=O) groups is 2. The second-order valence-corrected chi connectivity index (χ2v) is 11.2. The van der Waals surface area contributed by atoms with Gasteiger partial charge in [-0.15, -0.1) is 0 Å². The summed E-state index contributed by atoms with van der Waals surface area (Å²) in [6.07, 6.45) is 3.40. The van der Waals surface area contributed by atoms with Crippen molar-refractivity contribution in [2.24, 2.45) is 0 Å². The first kappa shape index (κ1) is 27.8. The first-order chi connectivity index (χ1) is 18.2. The number of thiophene rings is 1. The van der Waals surface area contributed by atoms with Crippen LogP contribution in [-0.4, -0.2) is 81.6 Å². The van der Waals surface area contributed by atoms with Crippen LogP contribution in [0.4, 0.5) is 4.79 Å². The molecule has 0 saturated carbocycles. The highest BCUT2D eigenvalue weighted by Gasteiger charge is 2.40. The van der Waals surface area contributed by atoms with Crippen molar-refractivity contribution < 1.29 is 19.5 Å². The fourth-order valence-corrected chi connectivity index (χ4v) is 6.37. The van der Waals surface area contributed by atoms with E-state index in [0.29, 0.717) is 36.5 Å². The molecule has 0 bridgehead atoms. The molecule has 0 unspecified atom stereocenters. The molecule has 0 aliphatic carbocycles. The lowest BCUT2D eigenvalue weighted by Gasteiger charge is -2.50. The topological polar surface area (TPSA) is 122 Å². The van der Waals surface area contributed by atoms with Crippen molar-refractivity contribution in [2.75, 3.05) is 33.3 Å². The van der Waals surface area contributed by atoms with Crippen molar-refractivity contribution in [3.05, 3.63) is 44.9 Å². The largest absolute Gasteiger partial charge is 0.505 e. The molecule has 2 N–H and O–H groups in total. The average molecular weight is 541 g/mol. The summed E-state index contributed by atoms with van der Waals surface area (Å²) in [4.78, 5) is 41.4. The Hall–Kier alpha value is -3.20. The normalized spacial score (nSPS) is 18.1. The van der Waals surface area contributed by atoms with Crippen molar-refractivity contribution in [2.45, 2.75) is 64.6 Å². The van der Waals surface area contributed by atoms with E-state index in [4.69, 9.17) is 4.84 Å². The highest BCUT2D eigenvalue weighted by atomic mass is 32.1. The molecule has 38 heavy (non-hydrogen) atoms. The van der Waals surface area contributed by atoms with Crippen LogP contribution in [0.1, 0.15) is 65.5 Å². The van der Waals surface area contributed by atoms with Crippen LogP contribution in [0.5, 0.6) is 5.75 Å². The van der Waals surface area contributed by atoms with Crippen LogP contribution in [0.15, 0.2) is 16.8 Å². The lowest BCUT2D eigenvalue weighted by atomic mass is 9.85. The van der Waals surface area contributed by atoms with E-state index in [1.165, 1.54) is 7.11 Å². The number of aryl methyl sites for hydroxylation is 1. The van der Waals surface area contributed by atoms with Crippen LogP contribution in [0, 0.1) is 25.2 Å². The first-order valence-corrected chi connectivity index (χ1v) is 13.9. The maximum atomic E-state index is 13.4. The van der Waals surface area contributed by atoms with Gasteiger partial charge in [0.1, 0.15) is 6.07 Å². The Bertz CT molecular complexity index is 1200. The lowest BCUT2D eigenvalue weighted by Crippen LogP contribution is -2.58. The number of piperidine rings is 2. The predicted molar refractivity (Wildman–Crippen MR) is 144 cm³/mol. The van der Waals surface area contributed by atoms with E-state index in [0.717, 1.165) is 44.3 Å². The van der Waals surface area contributed by atoms with Gasteiger partial charge in [-0.25, -0.2) is 15.3 Å². The number of hydrogen-bond acceptors (Lipinski definition) is 8. The quantitative estimate of drug-likeness (QED) is 0.537. The van der Waals surface area contributed by atoms with Gasteiger partial charge in [0, 0.05) is 49.9 Å². The average Bonchev–Trinajstić information content (AvgIpc) is 3.43. The third-order valence-corrected chi connectivity index (χ3v) is 8.83. The molecule has 2 aromatic rings. The van der Waals surface area contributed by atoms with Gasteiger partial charge in [-0.05, 0) is 68.8 Å². The number of hydrogen-bond donors (Lipinski definition) is 2. The fourth-order valence-electron chi connectivity index (χ4n) is 5.71. The number of rotatable bonds is 6. The van der Waals surface area contributed by atoms with E-state index in [1.54, 1.807) is 25.2 Å². The molecule has 2 aliphatic rings. The second-order valence-electron chi connectivity index (χ2n) is 10.4. The first-order valence-electron chi connectivity index (χ1n) is 12.9. The van der Waals surface area contributed by atoms with Gasteiger partial charge in [0.25, 0.3) is 5.91 Å². The second kappa shape index (κ2) is 11.7. The molecule has 0 aromatic carbocycles. The Morgan fingerprint density at radius 3 is 2.55 bits per heavy atom. The molecule has 4 rings (SSSR count). The highest BCUT2D eigenvalue weighted by molar-refractivity contribution is 7.07. The minimum atomic E-state index is -0.224. The monoisotopic (exact) mass is 540 g/mol. The van der Waals surface area contributed by atoms with Crippen LogP contribution in [0.3, 0.4) is 0 Å². The molecule has 2 aliphatic heterocycles. The maximum absolute atomic E-state index is 13.4. The molecule has 2 fully saturated rings. The molecule has 10 nitrogen and oxygen atoms in total. The molecular weight excluding hydrogens is 504 g/mol. The summed E-state index contributed by atoms with van der Waals surface area (Å²) in [7, 11) is 1.45. The van der Waals surface area contributed by atoms with E-state index in [-0.39, 0.29) is 35.0 Å². The number of hydroxylamine groups is 1. The van der Waals surface area contributed by atoms with Crippen molar-refractivity contribution in [1.29, 1.82) is 5.26 Å². The van der Waals surface area contributed by atoms with Crippen LogP contribution in [-0.2, 0) is 11.4 Å². The zero-order chi connectivity index (χ0) is 27.4. The molecular formula is C27H36N6O4S. The predicted octanol–water partition coefficient (Wildman–Crippen LogP) is 3.57. The van der Waals surface area contributed by atoms with Crippen LogP contribution >= 0.6 is 11.3 Å². The summed E-state index contributed by atoms with van der Waals surface area (Å²) in [5, 5.41) is 23.6. The Morgan fingerprint density at radius 2 is 1.97 bits per heavy atom. The SMILES string of the molecule is CONC(=O)N(Cc1ccsc1)C1CCN(C2(C)CCN(C(=O)c3c(C)nc(C#N)c(O)c3C)CC2)CC1. The molecule has 3 amide bonds. The summed E-state index contributed by atoms with van der Waals surface area (Å²) >= 11 is 1.62. The van der Waals surface area contributed by atoms with Crippen molar-refractivity contribution >= 4 is 23.3 Å². The fraction of sp³-hybridized carbons (Fsp3) is 0.556. The summed E-state index contributed by atoms with van der Waals surface area (Å²) < 4.78 is 0. The van der Waals surface area contributed by atoms with E-state index in [1.807, 2.05) is 27.3 Å². The third-order valence-electron chi connectivity index (χ3n) is 8.10. The molecule has 2 saturated heterocycles. The van der Waals surface area contributed by atoms with E-state index < -0.39 is 0 Å². The number of carbonyl (C=O) groups excluding carboxylic acids is 2. The van der Waals surface area contributed by atoms with E-state index >= 15 is 0 Å². The van der Waals surface area contributed by atoms with Gasteiger partial charge in [0.15, 0.2) is 11.4 Å². The summed E-state index contributed by atoms with van der Waals surface area (Å²) in [5.74, 6) is -0.375. The Labute approximate surface area is 227 Å². The zero-order valence-corrected chi connectivity index (χ0v) is 23.3. The minimum Gasteiger partial charge on any atom is -0.505 e. The molecule has 11 heteroatoms. The molecule has 204 valence electrons. The van der Waals surface area contributed by atoms with Gasteiger partial charge < -0.3 is 14.9 Å². The summed E-state index contributed by atoms with van der Waals surface area (Å²) in [6, 6.07) is 3.82. The number of aromatic nitrogens is 1. The maximum Gasteiger partial charge on any atom is 0.341 e. The summed E-state index contributed by atoms with van der Waals surface area (Å²) in [6.45, 7) is 9.14. The van der Waals surface area contributed by atoms with Gasteiger partial charge in [0.2, 0.25) is 0 Å². The molecule has 0 atom stereocenters. The van der Waals surface area contributed by atoms with Gasteiger partial charge in [0.05, 0.1) is 18.4 Å². The zero-order valence-electron chi connectivity index (χ0n) is 22.5. The summed E-state index contributed by atoms with van der Waals surface area (Å²) in [5.41, 5.74) is 4.75. The van der Waals surface area contributed by atoms with Gasteiger partial charge in [-0.1, -0.05) is 0 Å². The third kappa shape index (κ3) is 5.62. The number of pyridine rings is 1. The number of likely N-dealkylation sites (tertiary alicyclic amines) is 2. The smallest absolute Gasteiger partial charge is 0.341 e.